The Labute approximate surface area is 220 Å². The summed E-state index contributed by atoms with van der Waals surface area (Å²) in [6.07, 6.45) is 0.994. The second-order valence-electron chi connectivity index (χ2n) is 8.49. The molecular weight excluding hydrogens is 500 g/mol. The fraction of sp³-hybridized carbons (Fsp3) is 0.346. The van der Waals surface area contributed by atoms with Crippen molar-refractivity contribution < 1.29 is 19.1 Å². The Balaban J connectivity index is 1.52. The van der Waals surface area contributed by atoms with Crippen molar-refractivity contribution in [1.82, 2.24) is 4.90 Å². The lowest BCUT2D eigenvalue weighted by Crippen LogP contribution is -2.42. The van der Waals surface area contributed by atoms with E-state index in [9.17, 15) is 9.59 Å². The van der Waals surface area contributed by atoms with Gasteiger partial charge in [-0.05, 0) is 55.7 Å². The Kier molecular flexibility index (Phi) is 8.56. The number of hydrogen-bond donors (Lipinski definition) is 2. The van der Waals surface area contributed by atoms with Crippen LogP contribution in [-0.2, 0) is 14.3 Å². The van der Waals surface area contributed by atoms with Crippen LogP contribution in [-0.4, -0.2) is 54.7 Å². The predicted molar refractivity (Wildman–Crippen MR) is 145 cm³/mol. The van der Waals surface area contributed by atoms with Crippen LogP contribution in [0, 0.1) is 6.92 Å². The van der Waals surface area contributed by atoms with E-state index in [1.54, 1.807) is 31.0 Å². The number of thioether (sulfide) groups is 1. The van der Waals surface area contributed by atoms with Crippen molar-refractivity contribution in [2.45, 2.75) is 26.3 Å². The summed E-state index contributed by atoms with van der Waals surface area (Å²) in [5, 5.41) is 7.12. The molecule has 2 aliphatic rings. The molecule has 2 amide bonds. The summed E-state index contributed by atoms with van der Waals surface area (Å²) < 4.78 is 10.5. The fourth-order valence-electron chi connectivity index (χ4n) is 4.08. The number of carbonyl (C=O) groups excluding carboxylic acids is 2. The largest absolute Gasteiger partial charge is 0.460 e. The average Bonchev–Trinajstić information content (AvgIpc) is 2.86. The van der Waals surface area contributed by atoms with Crippen LogP contribution in [0.5, 0.6) is 0 Å². The number of anilines is 2. The number of rotatable bonds is 7. The Morgan fingerprint density at radius 1 is 1.11 bits per heavy atom. The minimum absolute atomic E-state index is 0.175. The molecule has 0 bridgehead atoms. The van der Waals surface area contributed by atoms with E-state index < -0.39 is 5.97 Å². The van der Waals surface area contributed by atoms with E-state index in [4.69, 9.17) is 26.1 Å². The molecule has 0 saturated carbocycles. The lowest BCUT2D eigenvalue weighted by molar-refractivity contribution is -0.141. The van der Waals surface area contributed by atoms with Crippen LogP contribution in [0.25, 0.3) is 0 Å². The zero-order chi connectivity index (χ0) is 25.7. The van der Waals surface area contributed by atoms with E-state index in [1.807, 2.05) is 44.2 Å². The number of aryl methyl sites for hydroxylation is 1. The second kappa shape index (κ2) is 11.8. The van der Waals surface area contributed by atoms with Crippen LogP contribution in [0.3, 0.4) is 0 Å². The van der Waals surface area contributed by atoms with Crippen LogP contribution in [0.4, 0.5) is 16.2 Å². The number of allylic oxidation sites excluding steroid dienone is 1. The number of amidine groups is 1. The third-order valence-corrected chi connectivity index (χ3v) is 7.40. The van der Waals surface area contributed by atoms with Gasteiger partial charge in [-0.3, -0.25) is 0 Å². The van der Waals surface area contributed by atoms with Crippen molar-refractivity contribution in [2.24, 2.45) is 4.99 Å². The SMILES string of the molecule is COCCOC(=O)C1=C(C)N=C2SCCCN2[C@@H]1c1ccc(NC(=O)Nc2ccc(C)c(Cl)c2)cc1. The van der Waals surface area contributed by atoms with Gasteiger partial charge in [-0.25, -0.2) is 14.6 Å². The number of carbonyl (C=O) groups is 2. The first-order valence-electron chi connectivity index (χ1n) is 11.7. The molecule has 0 spiro atoms. The van der Waals surface area contributed by atoms with Gasteiger partial charge in [0, 0.05) is 35.8 Å². The first kappa shape index (κ1) is 26.1. The Morgan fingerprint density at radius 2 is 1.83 bits per heavy atom. The number of aliphatic imine (C=N–C) groups is 1. The molecular formula is C26H29ClN4O4S. The summed E-state index contributed by atoms with van der Waals surface area (Å²) in [5.74, 6) is 0.596. The van der Waals surface area contributed by atoms with Gasteiger partial charge in [-0.2, -0.15) is 0 Å². The molecule has 1 fully saturated rings. The molecule has 2 aromatic carbocycles. The molecule has 4 rings (SSSR count). The van der Waals surface area contributed by atoms with Crippen LogP contribution < -0.4 is 10.6 Å². The molecule has 2 N–H and O–H groups in total. The smallest absolute Gasteiger partial charge is 0.338 e. The van der Waals surface area contributed by atoms with Crippen LogP contribution >= 0.6 is 23.4 Å². The number of nitrogens with zero attached hydrogens (tertiary/aromatic N) is 2. The lowest BCUT2D eigenvalue weighted by atomic mass is 9.94. The molecule has 1 saturated heterocycles. The van der Waals surface area contributed by atoms with Crippen LogP contribution in [0.15, 0.2) is 58.7 Å². The molecule has 190 valence electrons. The van der Waals surface area contributed by atoms with Crippen molar-refractivity contribution in [1.29, 1.82) is 0 Å². The third kappa shape index (κ3) is 6.03. The lowest BCUT2D eigenvalue weighted by Gasteiger charge is -2.40. The Morgan fingerprint density at radius 3 is 2.56 bits per heavy atom. The van der Waals surface area contributed by atoms with Gasteiger partial charge in [0.2, 0.25) is 0 Å². The molecule has 36 heavy (non-hydrogen) atoms. The molecule has 0 aliphatic carbocycles. The molecule has 1 atom stereocenters. The van der Waals surface area contributed by atoms with E-state index in [0.29, 0.717) is 34.3 Å². The highest BCUT2D eigenvalue weighted by Crippen LogP contribution is 2.40. The molecule has 10 heteroatoms. The standard InChI is InChI=1S/C26H29ClN4O4S/c1-16-5-8-20(15-21(16)27)30-25(33)29-19-9-6-18(7-10-19)23-22(24(32)35-13-12-34-3)17(2)28-26-31(23)11-4-14-36-26/h5-10,15,23H,4,11-14H2,1-3H3,(H2,29,30,33)/t23-/m1/s1. The normalized spacial score (nSPS) is 17.3. The van der Waals surface area contributed by atoms with Gasteiger partial charge < -0.3 is 25.0 Å². The molecule has 2 aromatic rings. The van der Waals surface area contributed by atoms with Gasteiger partial charge in [0.15, 0.2) is 5.17 Å². The highest BCUT2D eigenvalue weighted by molar-refractivity contribution is 8.13. The first-order valence-corrected chi connectivity index (χ1v) is 13.0. The third-order valence-electron chi connectivity index (χ3n) is 5.91. The molecule has 0 unspecified atom stereocenters. The van der Waals surface area contributed by atoms with Crippen LogP contribution in [0.1, 0.15) is 30.5 Å². The molecule has 0 radical (unpaired) electrons. The number of amides is 2. The van der Waals surface area contributed by atoms with E-state index in [2.05, 4.69) is 15.5 Å². The fourth-order valence-corrected chi connectivity index (χ4v) is 5.29. The molecule has 2 aliphatic heterocycles. The zero-order valence-electron chi connectivity index (χ0n) is 20.5. The first-order chi connectivity index (χ1) is 17.4. The average molecular weight is 529 g/mol. The van der Waals surface area contributed by atoms with E-state index in [0.717, 1.165) is 35.0 Å². The van der Waals surface area contributed by atoms with Crippen molar-refractivity contribution in [3.8, 4) is 0 Å². The second-order valence-corrected chi connectivity index (χ2v) is 9.95. The number of methoxy groups -OCH3 is 1. The topological polar surface area (TPSA) is 92.3 Å². The molecule has 0 aromatic heterocycles. The van der Waals surface area contributed by atoms with E-state index in [-0.39, 0.29) is 18.7 Å². The van der Waals surface area contributed by atoms with Gasteiger partial charge in [0.25, 0.3) is 0 Å². The summed E-state index contributed by atoms with van der Waals surface area (Å²) in [5.41, 5.74) is 4.26. The van der Waals surface area contributed by atoms with Crippen molar-refractivity contribution >= 4 is 51.9 Å². The number of fused-ring (bicyclic) bond motifs is 1. The maximum Gasteiger partial charge on any atom is 0.338 e. The van der Waals surface area contributed by atoms with Gasteiger partial charge in [0.1, 0.15) is 6.61 Å². The summed E-state index contributed by atoms with van der Waals surface area (Å²) in [4.78, 5) is 32.4. The quantitative estimate of drug-likeness (QED) is 0.358. The number of esters is 1. The minimum Gasteiger partial charge on any atom is -0.460 e. The maximum absolute atomic E-state index is 13.1. The van der Waals surface area contributed by atoms with Crippen molar-refractivity contribution in [3.63, 3.8) is 0 Å². The van der Waals surface area contributed by atoms with E-state index >= 15 is 0 Å². The number of benzene rings is 2. The Hall–Kier alpha value is -3.01. The van der Waals surface area contributed by atoms with Crippen molar-refractivity contribution in [2.75, 3.05) is 43.3 Å². The van der Waals surface area contributed by atoms with Crippen LogP contribution in [0.2, 0.25) is 5.02 Å². The van der Waals surface area contributed by atoms with Gasteiger partial charge >= 0.3 is 12.0 Å². The predicted octanol–water partition coefficient (Wildman–Crippen LogP) is 5.61. The number of ether oxygens (including phenoxy) is 2. The number of halogens is 1. The number of nitrogens with one attached hydrogen (secondary N) is 2. The summed E-state index contributed by atoms with van der Waals surface area (Å²) >= 11 is 7.84. The molecule has 8 nitrogen and oxygen atoms in total. The summed E-state index contributed by atoms with van der Waals surface area (Å²) in [7, 11) is 1.56. The monoisotopic (exact) mass is 528 g/mol. The highest BCUT2D eigenvalue weighted by Gasteiger charge is 2.37. The summed E-state index contributed by atoms with van der Waals surface area (Å²) in [6.45, 7) is 5.04. The maximum atomic E-state index is 13.1. The number of urea groups is 1. The zero-order valence-corrected chi connectivity index (χ0v) is 22.0. The highest BCUT2D eigenvalue weighted by atomic mass is 35.5. The molecule has 2 heterocycles. The van der Waals surface area contributed by atoms with Gasteiger partial charge in [-0.1, -0.05) is 41.6 Å². The number of hydrogen-bond acceptors (Lipinski definition) is 7. The van der Waals surface area contributed by atoms with Gasteiger partial charge in [0.05, 0.1) is 23.9 Å². The summed E-state index contributed by atoms with van der Waals surface area (Å²) in [6, 6.07) is 12.1. The van der Waals surface area contributed by atoms with E-state index in [1.165, 1.54) is 0 Å². The van der Waals surface area contributed by atoms with Crippen molar-refractivity contribution in [3.05, 3.63) is 69.9 Å². The Bertz CT molecular complexity index is 1200. The minimum atomic E-state index is -0.397. The van der Waals surface area contributed by atoms with Gasteiger partial charge in [-0.15, -0.1) is 0 Å².